The molecule has 0 aliphatic carbocycles. The van der Waals surface area contributed by atoms with Crippen molar-refractivity contribution in [2.45, 2.75) is 31.2 Å². The van der Waals surface area contributed by atoms with Crippen LogP contribution in [0.5, 0.6) is 0 Å². The molecule has 0 radical (unpaired) electrons. The standard InChI is InChI=1S/C26H23FN2O2S/c1-17(2)18-11-13-20(14-12-18)29-24(30)16-32-26(29)21-8-4-6-10-23(21)28(25(26)31)15-19-7-3-5-9-22(19)27/h3-14,17H,15-16H2,1-2H3/t26-/m1/s1. The number of hydrogen-bond donors (Lipinski definition) is 0. The fraction of sp³-hybridized carbons (Fsp3) is 0.231. The van der Waals surface area contributed by atoms with E-state index in [1.807, 2.05) is 48.5 Å². The molecule has 1 spiro atoms. The quantitative estimate of drug-likeness (QED) is 0.537. The number of carbonyl (C=O) groups excluding carboxylic acids is 2. The van der Waals surface area contributed by atoms with E-state index in [2.05, 4.69) is 13.8 Å². The Morgan fingerprint density at radius 2 is 1.66 bits per heavy atom. The lowest BCUT2D eigenvalue weighted by Crippen LogP contribution is -2.49. The van der Waals surface area contributed by atoms with Crippen LogP contribution in [-0.2, 0) is 21.0 Å². The molecule has 0 saturated carbocycles. The van der Waals surface area contributed by atoms with Crippen molar-refractivity contribution >= 4 is 35.0 Å². The molecule has 5 rings (SSSR count). The number of carbonyl (C=O) groups is 2. The number of hydrogen-bond acceptors (Lipinski definition) is 3. The maximum Gasteiger partial charge on any atom is 0.269 e. The molecule has 0 N–H and O–H groups in total. The van der Waals surface area contributed by atoms with Crippen molar-refractivity contribution in [3.8, 4) is 0 Å². The molecule has 2 aliphatic rings. The zero-order valence-corrected chi connectivity index (χ0v) is 18.7. The van der Waals surface area contributed by atoms with E-state index in [4.69, 9.17) is 0 Å². The third-order valence-corrected chi connectivity index (χ3v) is 7.55. The van der Waals surface area contributed by atoms with Gasteiger partial charge in [0.15, 0.2) is 0 Å². The van der Waals surface area contributed by atoms with E-state index in [0.717, 1.165) is 5.56 Å². The SMILES string of the molecule is CC(C)c1ccc(N2C(=O)CS[C@]23C(=O)N(Cc2ccccc2F)c2ccccc23)cc1. The molecular formula is C26H23FN2O2S. The maximum atomic E-state index is 14.4. The highest BCUT2D eigenvalue weighted by Crippen LogP contribution is 2.56. The first-order valence-corrected chi connectivity index (χ1v) is 11.6. The summed E-state index contributed by atoms with van der Waals surface area (Å²) >= 11 is 1.33. The van der Waals surface area contributed by atoms with E-state index in [1.165, 1.54) is 23.4 Å². The number of rotatable bonds is 4. The van der Waals surface area contributed by atoms with Crippen LogP contribution < -0.4 is 9.80 Å². The number of anilines is 2. The molecule has 162 valence electrons. The summed E-state index contributed by atoms with van der Waals surface area (Å²) in [7, 11) is 0. The molecule has 2 aliphatic heterocycles. The molecule has 2 amide bonds. The van der Waals surface area contributed by atoms with Crippen LogP contribution in [0.3, 0.4) is 0 Å². The molecule has 6 heteroatoms. The first-order valence-electron chi connectivity index (χ1n) is 10.7. The number of para-hydroxylation sites is 1. The van der Waals surface area contributed by atoms with Crippen LogP contribution in [0.1, 0.15) is 36.5 Å². The van der Waals surface area contributed by atoms with Crippen molar-refractivity contribution in [2.75, 3.05) is 15.6 Å². The van der Waals surface area contributed by atoms with E-state index in [0.29, 0.717) is 22.9 Å². The highest BCUT2D eigenvalue weighted by Gasteiger charge is 2.60. The Balaban J connectivity index is 1.62. The smallest absolute Gasteiger partial charge is 0.269 e. The molecule has 1 fully saturated rings. The number of benzene rings is 3. The van der Waals surface area contributed by atoms with Crippen LogP contribution in [0.4, 0.5) is 15.8 Å². The lowest BCUT2D eigenvalue weighted by atomic mass is 10.0. The summed E-state index contributed by atoms with van der Waals surface area (Å²) in [6.45, 7) is 4.34. The largest absolute Gasteiger partial charge is 0.304 e. The van der Waals surface area contributed by atoms with Gasteiger partial charge in [0.2, 0.25) is 10.8 Å². The third-order valence-electron chi connectivity index (χ3n) is 6.17. The summed E-state index contributed by atoms with van der Waals surface area (Å²) in [5.41, 5.74) is 3.79. The van der Waals surface area contributed by atoms with Gasteiger partial charge in [-0.3, -0.25) is 14.5 Å². The summed E-state index contributed by atoms with van der Waals surface area (Å²) in [6, 6.07) is 21.8. The second-order valence-corrected chi connectivity index (χ2v) is 9.58. The van der Waals surface area contributed by atoms with Crippen molar-refractivity contribution in [1.29, 1.82) is 0 Å². The molecule has 1 saturated heterocycles. The van der Waals surface area contributed by atoms with Crippen LogP contribution >= 0.6 is 11.8 Å². The van der Waals surface area contributed by atoms with Gasteiger partial charge in [0.1, 0.15) is 5.82 Å². The van der Waals surface area contributed by atoms with E-state index < -0.39 is 4.87 Å². The Hall–Kier alpha value is -3.12. The summed E-state index contributed by atoms with van der Waals surface area (Å²) in [5.74, 6) is -0.102. The molecular weight excluding hydrogens is 423 g/mol. The van der Waals surface area contributed by atoms with Crippen LogP contribution in [0, 0.1) is 5.82 Å². The lowest BCUT2D eigenvalue weighted by Gasteiger charge is -2.33. The lowest BCUT2D eigenvalue weighted by molar-refractivity contribution is -0.123. The van der Waals surface area contributed by atoms with Gasteiger partial charge < -0.3 is 4.90 Å². The minimum absolute atomic E-state index is 0.108. The molecule has 0 bridgehead atoms. The number of nitrogens with zero attached hydrogens (tertiary/aromatic N) is 2. The van der Waals surface area contributed by atoms with Gasteiger partial charge in [0.05, 0.1) is 18.0 Å². The van der Waals surface area contributed by atoms with Crippen LogP contribution in [-0.4, -0.2) is 17.6 Å². The fourth-order valence-electron chi connectivity index (χ4n) is 4.52. The monoisotopic (exact) mass is 446 g/mol. The second-order valence-electron chi connectivity index (χ2n) is 8.41. The normalized spacial score (nSPS) is 20.0. The number of fused-ring (bicyclic) bond motifs is 2. The van der Waals surface area contributed by atoms with Crippen molar-refractivity contribution in [1.82, 2.24) is 0 Å². The van der Waals surface area contributed by atoms with Crippen molar-refractivity contribution < 1.29 is 14.0 Å². The zero-order chi connectivity index (χ0) is 22.5. The highest BCUT2D eigenvalue weighted by molar-refractivity contribution is 8.02. The summed E-state index contributed by atoms with van der Waals surface area (Å²) < 4.78 is 14.4. The fourth-order valence-corrected chi connectivity index (χ4v) is 5.88. The first-order chi connectivity index (χ1) is 15.4. The third kappa shape index (κ3) is 3.05. The van der Waals surface area contributed by atoms with Gasteiger partial charge in [-0.2, -0.15) is 0 Å². The number of amides is 2. The average Bonchev–Trinajstić information content (AvgIpc) is 3.26. The Kier molecular flexibility index (Phi) is 5.05. The van der Waals surface area contributed by atoms with Crippen LogP contribution in [0.25, 0.3) is 0 Å². The van der Waals surface area contributed by atoms with Gasteiger partial charge in [-0.25, -0.2) is 4.39 Å². The number of halogens is 1. The Labute approximate surface area is 191 Å². The Morgan fingerprint density at radius 1 is 0.969 bits per heavy atom. The van der Waals surface area contributed by atoms with Gasteiger partial charge in [-0.15, -0.1) is 11.8 Å². The maximum absolute atomic E-state index is 14.4. The Morgan fingerprint density at radius 3 is 2.38 bits per heavy atom. The summed E-state index contributed by atoms with van der Waals surface area (Å²) in [4.78, 5) is 29.2. The first kappa shape index (κ1) is 20.8. The molecule has 32 heavy (non-hydrogen) atoms. The van der Waals surface area contributed by atoms with Crippen LogP contribution in [0.2, 0.25) is 0 Å². The van der Waals surface area contributed by atoms with Crippen molar-refractivity contribution in [3.63, 3.8) is 0 Å². The minimum atomic E-state index is -1.18. The zero-order valence-electron chi connectivity index (χ0n) is 17.9. The van der Waals surface area contributed by atoms with Crippen LogP contribution in [0.15, 0.2) is 72.8 Å². The van der Waals surface area contributed by atoms with Crippen molar-refractivity contribution in [2.24, 2.45) is 0 Å². The summed E-state index contributed by atoms with van der Waals surface area (Å²) in [6.07, 6.45) is 0. The molecule has 3 aromatic rings. The molecule has 1 atom stereocenters. The predicted molar refractivity (Wildman–Crippen MR) is 126 cm³/mol. The topological polar surface area (TPSA) is 40.6 Å². The Bertz CT molecular complexity index is 1210. The van der Waals surface area contributed by atoms with Gasteiger partial charge in [-0.1, -0.05) is 62.4 Å². The molecule has 3 aromatic carbocycles. The average molecular weight is 447 g/mol. The highest BCUT2D eigenvalue weighted by atomic mass is 32.2. The van der Waals surface area contributed by atoms with Crippen molar-refractivity contribution in [3.05, 3.63) is 95.3 Å². The molecule has 2 heterocycles. The van der Waals surface area contributed by atoms with E-state index in [1.54, 1.807) is 28.0 Å². The molecule has 0 unspecified atom stereocenters. The summed E-state index contributed by atoms with van der Waals surface area (Å²) in [5, 5.41) is 0. The van der Waals surface area contributed by atoms with Gasteiger partial charge >= 0.3 is 0 Å². The van der Waals surface area contributed by atoms with E-state index >= 15 is 0 Å². The predicted octanol–water partition coefficient (Wildman–Crippen LogP) is 5.43. The number of thioether (sulfide) groups is 1. The van der Waals surface area contributed by atoms with E-state index in [9.17, 15) is 14.0 Å². The van der Waals surface area contributed by atoms with E-state index in [-0.39, 0.29) is 29.9 Å². The minimum Gasteiger partial charge on any atom is -0.304 e. The van der Waals surface area contributed by atoms with Gasteiger partial charge in [-0.05, 0) is 35.7 Å². The molecule has 4 nitrogen and oxygen atoms in total. The van der Waals surface area contributed by atoms with Gasteiger partial charge in [0, 0.05) is 16.8 Å². The van der Waals surface area contributed by atoms with Gasteiger partial charge in [0.25, 0.3) is 5.91 Å². The second kappa shape index (κ2) is 7.78. The molecule has 0 aromatic heterocycles.